The number of likely N-dealkylation sites (tertiary alicyclic amines) is 1. The third-order valence-corrected chi connectivity index (χ3v) is 5.29. The highest BCUT2D eigenvalue weighted by atomic mass is 35.5. The van der Waals surface area contributed by atoms with E-state index in [2.05, 4.69) is 5.32 Å². The quantitative estimate of drug-likeness (QED) is 0.665. The minimum Gasteiger partial charge on any atom is -0.382 e. The highest BCUT2D eigenvalue weighted by Gasteiger charge is 2.39. The van der Waals surface area contributed by atoms with Crippen LogP contribution in [0.5, 0.6) is 0 Å². The number of nitrogens with one attached hydrogen (secondary N) is 1. The molecule has 6 nitrogen and oxygen atoms in total. The zero-order valence-corrected chi connectivity index (χ0v) is 16.2. The fraction of sp³-hybridized carbons (Fsp3) is 0.889. The Kier molecular flexibility index (Phi) is 9.75. The van der Waals surface area contributed by atoms with Gasteiger partial charge in [-0.2, -0.15) is 0 Å². The van der Waals surface area contributed by atoms with Gasteiger partial charge in [-0.15, -0.1) is 12.4 Å². The van der Waals surface area contributed by atoms with Crippen LogP contribution in [-0.4, -0.2) is 55.1 Å². The first-order valence-electron chi connectivity index (χ1n) is 9.50. The van der Waals surface area contributed by atoms with Gasteiger partial charge in [0, 0.05) is 38.8 Å². The maximum absolute atomic E-state index is 12.7. The molecule has 2 amide bonds. The molecule has 0 aromatic carbocycles. The van der Waals surface area contributed by atoms with Gasteiger partial charge in [-0.05, 0) is 39.0 Å². The molecule has 1 saturated carbocycles. The average Bonchev–Trinajstić information content (AvgIpc) is 2.61. The summed E-state index contributed by atoms with van der Waals surface area (Å²) in [5.74, 6) is 0.220. The number of carbonyl (C=O) groups excluding carboxylic acids is 2. The normalized spacial score (nSPS) is 20.6. The number of hydrogen-bond donors (Lipinski definition) is 2. The van der Waals surface area contributed by atoms with E-state index in [9.17, 15) is 9.59 Å². The van der Waals surface area contributed by atoms with Crippen LogP contribution >= 0.6 is 12.4 Å². The van der Waals surface area contributed by atoms with Crippen LogP contribution in [-0.2, 0) is 14.3 Å². The van der Waals surface area contributed by atoms with Crippen molar-refractivity contribution >= 4 is 24.2 Å². The molecule has 0 atom stereocenters. The summed E-state index contributed by atoms with van der Waals surface area (Å²) < 4.78 is 5.26. The summed E-state index contributed by atoms with van der Waals surface area (Å²) in [4.78, 5) is 26.8. The first-order chi connectivity index (χ1) is 11.6. The van der Waals surface area contributed by atoms with Crippen molar-refractivity contribution in [2.45, 2.75) is 63.8 Å². The lowest BCUT2D eigenvalue weighted by atomic mass is 9.81. The number of carbonyl (C=O) groups is 2. The van der Waals surface area contributed by atoms with Gasteiger partial charge in [0.2, 0.25) is 11.8 Å². The van der Waals surface area contributed by atoms with Gasteiger partial charge in [-0.25, -0.2) is 0 Å². The summed E-state index contributed by atoms with van der Waals surface area (Å²) in [6, 6.07) is 0. The van der Waals surface area contributed by atoms with E-state index >= 15 is 0 Å². The second-order valence-electron chi connectivity index (χ2n) is 7.12. The van der Waals surface area contributed by atoms with Crippen molar-refractivity contribution in [2.75, 3.05) is 32.8 Å². The van der Waals surface area contributed by atoms with Crippen molar-refractivity contribution in [3.05, 3.63) is 0 Å². The number of rotatable bonds is 7. The summed E-state index contributed by atoms with van der Waals surface area (Å²) in [5.41, 5.74) is 5.69. The minimum absolute atomic E-state index is 0. The van der Waals surface area contributed by atoms with Gasteiger partial charge >= 0.3 is 0 Å². The molecule has 3 N–H and O–H groups in total. The number of hydrogen-bond acceptors (Lipinski definition) is 4. The molecule has 0 bridgehead atoms. The van der Waals surface area contributed by atoms with E-state index in [-0.39, 0.29) is 30.1 Å². The third-order valence-electron chi connectivity index (χ3n) is 5.29. The van der Waals surface area contributed by atoms with Crippen LogP contribution in [0.2, 0.25) is 0 Å². The van der Waals surface area contributed by atoms with Gasteiger partial charge in [0.15, 0.2) is 0 Å². The Morgan fingerprint density at radius 2 is 1.84 bits per heavy atom. The number of nitrogens with two attached hydrogens (primary N) is 1. The highest BCUT2D eigenvalue weighted by Crippen LogP contribution is 2.29. The van der Waals surface area contributed by atoms with Crippen LogP contribution < -0.4 is 11.1 Å². The van der Waals surface area contributed by atoms with Crippen molar-refractivity contribution in [3.63, 3.8) is 0 Å². The molecular weight excluding hydrogens is 342 g/mol. The van der Waals surface area contributed by atoms with Crippen LogP contribution in [0, 0.1) is 5.92 Å². The summed E-state index contributed by atoms with van der Waals surface area (Å²) in [6.07, 6.45) is 7.17. The van der Waals surface area contributed by atoms with E-state index in [4.69, 9.17) is 10.5 Å². The summed E-state index contributed by atoms with van der Waals surface area (Å²) in [6.45, 7) is 5.31. The number of piperidine rings is 1. The standard InChI is InChI=1S/C18H33N3O3.ClH/c1-2-24-14-6-11-20-16(22)15-7-12-21(13-8-15)17(23)18(19)9-4-3-5-10-18;/h15H,2-14,19H2,1H3,(H,20,22);1H. The monoisotopic (exact) mass is 375 g/mol. The van der Waals surface area contributed by atoms with E-state index in [1.807, 2.05) is 11.8 Å². The molecular formula is C18H34ClN3O3. The summed E-state index contributed by atoms with van der Waals surface area (Å²) in [5, 5.41) is 2.98. The van der Waals surface area contributed by atoms with Crippen molar-refractivity contribution in [3.8, 4) is 0 Å². The predicted molar refractivity (Wildman–Crippen MR) is 101 cm³/mol. The first-order valence-corrected chi connectivity index (χ1v) is 9.50. The van der Waals surface area contributed by atoms with Crippen molar-refractivity contribution in [1.29, 1.82) is 0 Å². The first kappa shape index (κ1) is 22.2. The van der Waals surface area contributed by atoms with Gasteiger partial charge in [-0.3, -0.25) is 9.59 Å². The fourth-order valence-electron chi connectivity index (χ4n) is 3.73. The van der Waals surface area contributed by atoms with E-state index in [0.717, 1.165) is 44.9 Å². The molecule has 1 aliphatic heterocycles. The van der Waals surface area contributed by atoms with Crippen LogP contribution in [0.15, 0.2) is 0 Å². The Balaban J connectivity index is 0.00000312. The Bertz CT molecular complexity index is 420. The molecule has 0 aromatic rings. The molecule has 1 heterocycles. The fourth-order valence-corrected chi connectivity index (χ4v) is 3.73. The topological polar surface area (TPSA) is 84.7 Å². The van der Waals surface area contributed by atoms with Crippen LogP contribution in [0.4, 0.5) is 0 Å². The Morgan fingerprint density at radius 3 is 2.44 bits per heavy atom. The Hall–Kier alpha value is -0.850. The summed E-state index contributed by atoms with van der Waals surface area (Å²) in [7, 11) is 0. The minimum atomic E-state index is -0.660. The molecule has 1 aliphatic carbocycles. The zero-order valence-electron chi connectivity index (χ0n) is 15.4. The molecule has 2 fully saturated rings. The van der Waals surface area contributed by atoms with Crippen molar-refractivity contribution in [1.82, 2.24) is 10.2 Å². The average molecular weight is 376 g/mol. The molecule has 2 rings (SSSR count). The van der Waals surface area contributed by atoms with Crippen molar-refractivity contribution in [2.24, 2.45) is 11.7 Å². The molecule has 0 radical (unpaired) electrons. The number of nitrogens with zero attached hydrogens (tertiary/aromatic N) is 1. The maximum Gasteiger partial charge on any atom is 0.242 e. The van der Waals surface area contributed by atoms with Crippen LogP contribution in [0.3, 0.4) is 0 Å². The maximum atomic E-state index is 12.7. The molecule has 146 valence electrons. The molecule has 1 saturated heterocycles. The van der Waals surface area contributed by atoms with Crippen molar-refractivity contribution < 1.29 is 14.3 Å². The number of halogens is 1. The third kappa shape index (κ3) is 6.42. The van der Waals surface area contributed by atoms with E-state index in [1.165, 1.54) is 6.42 Å². The Labute approximate surface area is 157 Å². The SMILES string of the molecule is CCOCCCNC(=O)C1CCN(C(=O)C2(N)CCCCC2)CC1.Cl. The molecule has 0 spiro atoms. The smallest absolute Gasteiger partial charge is 0.242 e. The molecule has 0 aromatic heterocycles. The number of amides is 2. The molecule has 7 heteroatoms. The van der Waals surface area contributed by atoms with E-state index in [1.54, 1.807) is 0 Å². The highest BCUT2D eigenvalue weighted by molar-refractivity contribution is 5.86. The van der Waals surface area contributed by atoms with Gasteiger partial charge in [-0.1, -0.05) is 19.3 Å². The second kappa shape index (κ2) is 11.0. The van der Waals surface area contributed by atoms with E-state index in [0.29, 0.717) is 32.8 Å². The molecule has 2 aliphatic rings. The van der Waals surface area contributed by atoms with Crippen LogP contribution in [0.1, 0.15) is 58.3 Å². The molecule has 25 heavy (non-hydrogen) atoms. The number of ether oxygens (including phenoxy) is 1. The lowest BCUT2D eigenvalue weighted by Gasteiger charge is -2.39. The van der Waals surface area contributed by atoms with Gasteiger partial charge < -0.3 is 20.7 Å². The Morgan fingerprint density at radius 1 is 1.20 bits per heavy atom. The van der Waals surface area contributed by atoms with Crippen LogP contribution in [0.25, 0.3) is 0 Å². The van der Waals surface area contributed by atoms with Gasteiger partial charge in [0.05, 0.1) is 5.54 Å². The van der Waals surface area contributed by atoms with E-state index < -0.39 is 5.54 Å². The predicted octanol–water partition coefficient (Wildman–Crippen LogP) is 1.85. The molecule has 0 unspecified atom stereocenters. The van der Waals surface area contributed by atoms with Gasteiger partial charge in [0.1, 0.15) is 0 Å². The second-order valence-corrected chi connectivity index (χ2v) is 7.12. The zero-order chi connectivity index (χ0) is 17.4. The lowest BCUT2D eigenvalue weighted by Crippen LogP contribution is -2.58. The van der Waals surface area contributed by atoms with Gasteiger partial charge in [0.25, 0.3) is 0 Å². The largest absolute Gasteiger partial charge is 0.382 e. The summed E-state index contributed by atoms with van der Waals surface area (Å²) >= 11 is 0. The lowest BCUT2D eigenvalue weighted by molar-refractivity contribution is -0.141.